The Morgan fingerprint density at radius 3 is 2.67 bits per heavy atom. The summed E-state index contributed by atoms with van der Waals surface area (Å²) in [6.45, 7) is 1.82. The van der Waals surface area contributed by atoms with E-state index in [1.807, 2.05) is 48.0 Å². The Bertz CT molecular complexity index is 1220. The molecule has 0 amide bonds. The molecule has 0 saturated heterocycles. The maximum atomic E-state index is 12.7. The number of hydrogen-bond acceptors (Lipinski definition) is 3. The number of aryl methyl sites for hydroxylation is 1. The molecule has 2 aromatic heterocycles. The molecular formula is C20H16ClN3O2S. The van der Waals surface area contributed by atoms with Gasteiger partial charge in [0.1, 0.15) is 5.65 Å². The van der Waals surface area contributed by atoms with Crippen LogP contribution in [0.4, 0.5) is 5.69 Å². The van der Waals surface area contributed by atoms with Crippen LogP contribution in [-0.2, 0) is 10.0 Å². The van der Waals surface area contributed by atoms with Crippen LogP contribution in [0.1, 0.15) is 5.56 Å². The van der Waals surface area contributed by atoms with Gasteiger partial charge in [-0.3, -0.25) is 4.72 Å². The van der Waals surface area contributed by atoms with Crippen molar-refractivity contribution in [3.8, 4) is 11.3 Å². The Labute approximate surface area is 162 Å². The highest BCUT2D eigenvalue weighted by atomic mass is 35.5. The molecule has 2 heterocycles. The lowest BCUT2D eigenvalue weighted by Gasteiger charge is -2.10. The minimum atomic E-state index is -3.74. The van der Waals surface area contributed by atoms with E-state index in [-0.39, 0.29) is 4.90 Å². The van der Waals surface area contributed by atoms with Crippen LogP contribution in [0.25, 0.3) is 16.9 Å². The monoisotopic (exact) mass is 397 g/mol. The first kappa shape index (κ1) is 17.6. The number of halogens is 1. The van der Waals surface area contributed by atoms with E-state index in [0.717, 1.165) is 22.5 Å². The standard InChI is InChI=1S/C20H16ClN3O2S/c1-14-8-9-17(12-18(14)21)27(25,26)23-16-6-4-5-15(11-16)19-13-24-10-3-2-7-20(24)22-19/h2-13,23H,1H3. The van der Waals surface area contributed by atoms with Crippen LogP contribution in [0, 0.1) is 6.92 Å². The van der Waals surface area contributed by atoms with Crippen molar-refractivity contribution in [2.75, 3.05) is 4.72 Å². The highest BCUT2D eigenvalue weighted by Crippen LogP contribution is 2.25. The van der Waals surface area contributed by atoms with Crippen molar-refractivity contribution in [1.82, 2.24) is 9.38 Å². The minimum Gasteiger partial charge on any atom is -0.306 e. The fraction of sp³-hybridized carbons (Fsp3) is 0.0500. The summed E-state index contributed by atoms with van der Waals surface area (Å²) >= 11 is 6.06. The third-order valence-electron chi connectivity index (χ3n) is 4.23. The molecule has 4 aromatic rings. The van der Waals surface area contributed by atoms with Gasteiger partial charge < -0.3 is 4.40 Å². The van der Waals surface area contributed by atoms with Gasteiger partial charge >= 0.3 is 0 Å². The van der Waals surface area contributed by atoms with E-state index in [9.17, 15) is 8.42 Å². The summed E-state index contributed by atoms with van der Waals surface area (Å²) in [6.07, 6.45) is 3.82. The molecule has 0 spiro atoms. The lowest BCUT2D eigenvalue weighted by Crippen LogP contribution is -2.13. The molecule has 136 valence electrons. The molecule has 2 aromatic carbocycles. The smallest absolute Gasteiger partial charge is 0.261 e. The van der Waals surface area contributed by atoms with Crippen molar-refractivity contribution in [2.24, 2.45) is 0 Å². The van der Waals surface area contributed by atoms with Gasteiger partial charge in [0.25, 0.3) is 10.0 Å². The predicted molar refractivity (Wildman–Crippen MR) is 108 cm³/mol. The van der Waals surface area contributed by atoms with E-state index in [0.29, 0.717) is 10.7 Å². The molecule has 0 aliphatic heterocycles. The third-order valence-corrected chi connectivity index (χ3v) is 6.01. The van der Waals surface area contributed by atoms with Gasteiger partial charge in [0.15, 0.2) is 0 Å². The molecule has 1 N–H and O–H groups in total. The Morgan fingerprint density at radius 2 is 1.89 bits per heavy atom. The van der Waals surface area contributed by atoms with Crippen molar-refractivity contribution in [3.63, 3.8) is 0 Å². The summed E-state index contributed by atoms with van der Waals surface area (Å²) < 4.78 is 29.8. The van der Waals surface area contributed by atoms with E-state index in [2.05, 4.69) is 9.71 Å². The van der Waals surface area contributed by atoms with Crippen LogP contribution < -0.4 is 4.72 Å². The molecule has 0 atom stereocenters. The van der Waals surface area contributed by atoms with E-state index < -0.39 is 10.0 Å². The lowest BCUT2D eigenvalue weighted by molar-refractivity contribution is 0.601. The van der Waals surface area contributed by atoms with Crippen LogP contribution in [0.2, 0.25) is 5.02 Å². The zero-order valence-corrected chi connectivity index (χ0v) is 16.0. The molecule has 4 rings (SSSR count). The van der Waals surface area contributed by atoms with Crippen LogP contribution >= 0.6 is 11.6 Å². The molecule has 7 heteroatoms. The zero-order valence-electron chi connectivity index (χ0n) is 14.4. The number of imidazole rings is 1. The molecule has 5 nitrogen and oxygen atoms in total. The zero-order chi connectivity index (χ0) is 19.0. The second-order valence-electron chi connectivity index (χ2n) is 6.19. The van der Waals surface area contributed by atoms with E-state index in [4.69, 9.17) is 11.6 Å². The van der Waals surface area contributed by atoms with Gasteiger partial charge in [-0.1, -0.05) is 35.9 Å². The predicted octanol–water partition coefficient (Wildman–Crippen LogP) is 4.76. The average Bonchev–Trinajstić information content (AvgIpc) is 3.08. The molecule has 0 fully saturated rings. The molecule has 0 aliphatic carbocycles. The van der Waals surface area contributed by atoms with Gasteiger partial charge in [-0.05, 0) is 48.9 Å². The topological polar surface area (TPSA) is 63.5 Å². The number of sulfonamides is 1. The number of pyridine rings is 1. The number of anilines is 1. The van der Waals surface area contributed by atoms with Crippen molar-refractivity contribution < 1.29 is 8.42 Å². The van der Waals surface area contributed by atoms with Gasteiger partial charge in [0.2, 0.25) is 0 Å². The summed E-state index contributed by atoms with van der Waals surface area (Å²) in [5, 5.41) is 0.413. The Balaban J connectivity index is 1.67. The second kappa shape index (κ2) is 6.72. The molecule has 0 bridgehead atoms. The number of nitrogens with one attached hydrogen (secondary N) is 1. The maximum absolute atomic E-state index is 12.7. The molecular weight excluding hydrogens is 382 g/mol. The largest absolute Gasteiger partial charge is 0.306 e. The van der Waals surface area contributed by atoms with Crippen LogP contribution in [0.3, 0.4) is 0 Å². The van der Waals surface area contributed by atoms with Gasteiger partial charge in [-0.15, -0.1) is 0 Å². The summed E-state index contributed by atoms with van der Waals surface area (Å²) in [7, 11) is -3.74. The van der Waals surface area contributed by atoms with Crippen LogP contribution in [-0.4, -0.2) is 17.8 Å². The number of aromatic nitrogens is 2. The normalized spacial score (nSPS) is 11.6. The van der Waals surface area contributed by atoms with E-state index in [1.54, 1.807) is 24.3 Å². The molecule has 27 heavy (non-hydrogen) atoms. The first-order valence-electron chi connectivity index (χ1n) is 8.25. The molecule has 0 saturated carbocycles. The first-order valence-corrected chi connectivity index (χ1v) is 10.1. The molecule has 0 radical (unpaired) electrons. The number of fused-ring (bicyclic) bond motifs is 1. The van der Waals surface area contributed by atoms with E-state index >= 15 is 0 Å². The number of hydrogen-bond donors (Lipinski definition) is 1. The summed E-state index contributed by atoms with van der Waals surface area (Å²) in [6, 6.07) is 17.6. The average molecular weight is 398 g/mol. The van der Waals surface area contributed by atoms with Crippen molar-refractivity contribution in [3.05, 3.63) is 83.6 Å². The Hall–Kier alpha value is -2.83. The van der Waals surface area contributed by atoms with Gasteiger partial charge in [-0.2, -0.15) is 0 Å². The quantitative estimate of drug-likeness (QED) is 0.539. The number of benzene rings is 2. The maximum Gasteiger partial charge on any atom is 0.261 e. The van der Waals surface area contributed by atoms with Crippen molar-refractivity contribution in [2.45, 2.75) is 11.8 Å². The van der Waals surface area contributed by atoms with Gasteiger partial charge in [0, 0.05) is 28.7 Å². The molecule has 0 unspecified atom stereocenters. The first-order chi connectivity index (χ1) is 12.9. The van der Waals surface area contributed by atoms with Gasteiger partial charge in [0.05, 0.1) is 10.6 Å². The fourth-order valence-corrected chi connectivity index (χ4v) is 4.09. The summed E-state index contributed by atoms with van der Waals surface area (Å²) in [5.74, 6) is 0. The summed E-state index contributed by atoms with van der Waals surface area (Å²) in [5.41, 5.74) is 3.69. The Morgan fingerprint density at radius 1 is 1.04 bits per heavy atom. The molecule has 0 aliphatic rings. The second-order valence-corrected chi connectivity index (χ2v) is 8.28. The third kappa shape index (κ3) is 3.54. The van der Waals surface area contributed by atoms with Gasteiger partial charge in [-0.25, -0.2) is 13.4 Å². The number of nitrogens with zero attached hydrogens (tertiary/aromatic N) is 2. The van der Waals surface area contributed by atoms with Crippen LogP contribution in [0.15, 0.2) is 78.0 Å². The van der Waals surface area contributed by atoms with Crippen molar-refractivity contribution >= 4 is 33.0 Å². The fourth-order valence-electron chi connectivity index (χ4n) is 2.77. The summed E-state index contributed by atoms with van der Waals surface area (Å²) in [4.78, 5) is 4.69. The Kier molecular flexibility index (Phi) is 4.37. The van der Waals surface area contributed by atoms with E-state index in [1.165, 1.54) is 12.1 Å². The van der Waals surface area contributed by atoms with Crippen molar-refractivity contribution in [1.29, 1.82) is 0 Å². The SMILES string of the molecule is Cc1ccc(S(=O)(=O)Nc2cccc(-c3cn4ccccc4n3)c2)cc1Cl. The lowest BCUT2D eigenvalue weighted by atomic mass is 10.1. The van der Waals surface area contributed by atoms with Crippen LogP contribution in [0.5, 0.6) is 0 Å². The minimum absolute atomic E-state index is 0.122. The highest BCUT2D eigenvalue weighted by molar-refractivity contribution is 7.92. The highest BCUT2D eigenvalue weighted by Gasteiger charge is 2.16. The number of rotatable bonds is 4.